The zero-order chi connectivity index (χ0) is 15.7. The lowest BCUT2D eigenvalue weighted by atomic mass is 10.0. The number of nitrogens with one attached hydrogen (secondary N) is 1. The maximum atomic E-state index is 11.9. The lowest BCUT2D eigenvalue weighted by molar-refractivity contribution is 0.112. The number of ether oxygens (including phenoxy) is 1. The molecule has 22 heavy (non-hydrogen) atoms. The lowest BCUT2D eigenvalue weighted by Crippen LogP contribution is -2.28. The van der Waals surface area contributed by atoms with Gasteiger partial charge in [-0.25, -0.2) is 0 Å². The number of likely N-dealkylation sites (N-methyl/N-ethyl adjacent to an activating group) is 1. The Balaban J connectivity index is 2.13. The number of pyridine rings is 1. The minimum atomic E-state index is -0.363. The molecule has 0 bridgehead atoms. The number of aryl methyl sites for hydroxylation is 1. The fourth-order valence-corrected chi connectivity index (χ4v) is 2.73. The van der Waals surface area contributed by atoms with E-state index in [4.69, 9.17) is 4.74 Å². The van der Waals surface area contributed by atoms with Crippen LogP contribution in [0.5, 0.6) is 5.75 Å². The number of fused-ring (bicyclic) bond motifs is 1. The van der Waals surface area contributed by atoms with Crippen LogP contribution in [0.3, 0.4) is 0 Å². The summed E-state index contributed by atoms with van der Waals surface area (Å²) in [4.78, 5) is 27.8. The largest absolute Gasteiger partial charge is 0.490 e. The minimum Gasteiger partial charge on any atom is -0.490 e. The van der Waals surface area contributed by atoms with E-state index in [2.05, 4.69) is 9.88 Å². The molecule has 2 heterocycles. The van der Waals surface area contributed by atoms with Crippen molar-refractivity contribution in [3.05, 3.63) is 45.7 Å². The number of benzene rings is 1. The summed E-state index contributed by atoms with van der Waals surface area (Å²) in [6.07, 6.45) is 1.32. The molecule has 0 fully saturated rings. The number of aromatic amines is 1. The van der Waals surface area contributed by atoms with Crippen molar-refractivity contribution in [3.63, 3.8) is 0 Å². The van der Waals surface area contributed by atoms with E-state index < -0.39 is 0 Å². The molecule has 0 amide bonds. The van der Waals surface area contributed by atoms with Crippen LogP contribution < -0.4 is 15.2 Å². The summed E-state index contributed by atoms with van der Waals surface area (Å²) in [7, 11) is 2.03. The van der Waals surface area contributed by atoms with Crippen molar-refractivity contribution in [1.82, 2.24) is 4.98 Å². The summed E-state index contributed by atoms with van der Waals surface area (Å²) in [5, 5.41) is 0. The molecule has 5 nitrogen and oxygen atoms in total. The van der Waals surface area contributed by atoms with Crippen LogP contribution in [0.2, 0.25) is 0 Å². The smallest absolute Gasteiger partial charge is 0.259 e. The van der Waals surface area contributed by atoms with Gasteiger partial charge in [-0.15, -0.1) is 0 Å². The zero-order valence-electron chi connectivity index (χ0n) is 12.7. The highest BCUT2D eigenvalue weighted by Crippen LogP contribution is 2.35. The van der Waals surface area contributed by atoms with Gasteiger partial charge in [0.05, 0.1) is 23.5 Å². The second kappa shape index (κ2) is 5.67. The van der Waals surface area contributed by atoms with Crippen LogP contribution in [0.1, 0.15) is 22.8 Å². The number of aldehydes is 1. The number of carbonyl (C=O) groups is 1. The Kier molecular flexibility index (Phi) is 3.71. The van der Waals surface area contributed by atoms with Crippen molar-refractivity contribution in [2.24, 2.45) is 0 Å². The van der Waals surface area contributed by atoms with Gasteiger partial charge in [0.15, 0.2) is 6.29 Å². The molecule has 1 N–H and O–H groups in total. The standard InChI is InChI=1S/C17H18N2O3/c1-3-11-8-13(10-20)17(21)18-16(11)12-4-5-14-15(9-12)22-7-6-19(14)2/h4-5,8-10H,3,6-7H2,1-2H3,(H,18,21). The van der Waals surface area contributed by atoms with Crippen molar-refractivity contribution in [2.45, 2.75) is 13.3 Å². The zero-order valence-corrected chi connectivity index (χ0v) is 12.7. The van der Waals surface area contributed by atoms with Gasteiger partial charge in [-0.1, -0.05) is 13.0 Å². The van der Waals surface area contributed by atoms with Gasteiger partial charge < -0.3 is 14.6 Å². The number of anilines is 1. The molecule has 1 aromatic carbocycles. The number of aromatic nitrogens is 1. The predicted molar refractivity (Wildman–Crippen MR) is 86.0 cm³/mol. The lowest BCUT2D eigenvalue weighted by Gasteiger charge is -2.28. The average molecular weight is 298 g/mol. The average Bonchev–Trinajstić information content (AvgIpc) is 2.54. The SMILES string of the molecule is CCc1cc(C=O)c(=O)[nH]c1-c1ccc2c(c1)OCCN2C. The molecule has 0 saturated heterocycles. The fourth-order valence-electron chi connectivity index (χ4n) is 2.73. The number of hydrogen-bond acceptors (Lipinski definition) is 4. The Morgan fingerprint density at radius 2 is 2.18 bits per heavy atom. The van der Waals surface area contributed by atoms with Crippen molar-refractivity contribution >= 4 is 12.0 Å². The van der Waals surface area contributed by atoms with Gasteiger partial charge in [-0.3, -0.25) is 9.59 Å². The summed E-state index contributed by atoms with van der Waals surface area (Å²) in [6.45, 7) is 3.50. The van der Waals surface area contributed by atoms with E-state index in [0.29, 0.717) is 12.9 Å². The van der Waals surface area contributed by atoms with Gasteiger partial charge in [0.1, 0.15) is 12.4 Å². The van der Waals surface area contributed by atoms with E-state index in [1.54, 1.807) is 6.07 Å². The first kappa shape index (κ1) is 14.4. The van der Waals surface area contributed by atoms with Crippen molar-refractivity contribution in [2.75, 3.05) is 25.1 Å². The third-order valence-corrected chi connectivity index (χ3v) is 4.00. The third-order valence-electron chi connectivity index (χ3n) is 4.00. The van der Waals surface area contributed by atoms with E-state index in [9.17, 15) is 9.59 Å². The second-order valence-electron chi connectivity index (χ2n) is 5.38. The molecule has 0 saturated carbocycles. The highest BCUT2D eigenvalue weighted by Gasteiger charge is 2.17. The van der Waals surface area contributed by atoms with Gasteiger partial charge in [0.2, 0.25) is 0 Å². The summed E-state index contributed by atoms with van der Waals surface area (Å²) >= 11 is 0. The number of rotatable bonds is 3. The Morgan fingerprint density at radius 3 is 2.91 bits per heavy atom. The number of carbonyl (C=O) groups excluding carboxylic acids is 1. The van der Waals surface area contributed by atoms with Crippen LogP contribution in [-0.2, 0) is 6.42 Å². The molecular formula is C17H18N2O3. The van der Waals surface area contributed by atoms with E-state index in [0.717, 1.165) is 41.2 Å². The maximum Gasteiger partial charge on any atom is 0.259 e. The number of nitrogens with zero attached hydrogens (tertiary/aromatic N) is 1. The molecular weight excluding hydrogens is 280 g/mol. The summed E-state index contributed by atoms with van der Waals surface area (Å²) in [5.41, 5.74) is 3.41. The fraction of sp³-hybridized carbons (Fsp3) is 0.294. The van der Waals surface area contributed by atoms with Crippen LogP contribution >= 0.6 is 0 Å². The molecule has 3 rings (SSSR count). The molecule has 0 atom stereocenters. The molecule has 0 aliphatic carbocycles. The topological polar surface area (TPSA) is 62.4 Å². The van der Waals surface area contributed by atoms with Crippen LogP contribution in [0.4, 0.5) is 5.69 Å². The van der Waals surface area contributed by atoms with Gasteiger partial charge >= 0.3 is 0 Å². The van der Waals surface area contributed by atoms with Crippen molar-refractivity contribution in [3.8, 4) is 17.0 Å². The van der Waals surface area contributed by atoms with Crippen LogP contribution in [0.15, 0.2) is 29.1 Å². The number of H-pyrrole nitrogens is 1. The van der Waals surface area contributed by atoms with Gasteiger partial charge in [-0.05, 0) is 30.2 Å². The Hall–Kier alpha value is -2.56. The molecule has 1 aliphatic rings. The normalized spacial score (nSPS) is 13.5. The Labute approximate surface area is 128 Å². The Morgan fingerprint density at radius 1 is 1.36 bits per heavy atom. The van der Waals surface area contributed by atoms with Crippen LogP contribution in [0.25, 0.3) is 11.3 Å². The summed E-state index contributed by atoms with van der Waals surface area (Å²) in [5.74, 6) is 0.814. The maximum absolute atomic E-state index is 11.9. The molecule has 0 spiro atoms. The molecule has 5 heteroatoms. The molecule has 2 aromatic rings. The minimum absolute atomic E-state index is 0.162. The molecule has 1 aromatic heterocycles. The first-order valence-corrected chi connectivity index (χ1v) is 7.33. The number of hydrogen-bond donors (Lipinski definition) is 1. The van der Waals surface area contributed by atoms with E-state index in [-0.39, 0.29) is 11.1 Å². The van der Waals surface area contributed by atoms with Crippen molar-refractivity contribution < 1.29 is 9.53 Å². The van der Waals surface area contributed by atoms with Gasteiger partial charge in [0, 0.05) is 12.6 Å². The summed E-state index contributed by atoms with van der Waals surface area (Å²) in [6, 6.07) is 7.56. The quantitative estimate of drug-likeness (QED) is 0.883. The highest BCUT2D eigenvalue weighted by atomic mass is 16.5. The molecule has 1 aliphatic heterocycles. The molecule has 0 unspecified atom stereocenters. The van der Waals surface area contributed by atoms with Crippen LogP contribution in [-0.4, -0.2) is 31.5 Å². The molecule has 114 valence electrons. The van der Waals surface area contributed by atoms with Gasteiger partial charge in [0.25, 0.3) is 5.56 Å². The predicted octanol–water partition coefficient (Wildman–Crippen LogP) is 2.25. The second-order valence-corrected chi connectivity index (χ2v) is 5.38. The van der Waals surface area contributed by atoms with E-state index in [1.807, 2.05) is 32.2 Å². The van der Waals surface area contributed by atoms with Crippen molar-refractivity contribution in [1.29, 1.82) is 0 Å². The van der Waals surface area contributed by atoms with E-state index in [1.165, 1.54) is 0 Å². The third kappa shape index (κ3) is 2.39. The van der Waals surface area contributed by atoms with Crippen LogP contribution in [0, 0.1) is 0 Å². The first-order chi connectivity index (χ1) is 10.6. The first-order valence-electron chi connectivity index (χ1n) is 7.33. The molecule has 0 radical (unpaired) electrons. The van der Waals surface area contributed by atoms with E-state index >= 15 is 0 Å². The highest BCUT2D eigenvalue weighted by molar-refractivity contribution is 5.77. The Bertz CT molecular complexity index is 780. The van der Waals surface area contributed by atoms with Gasteiger partial charge in [-0.2, -0.15) is 0 Å². The monoisotopic (exact) mass is 298 g/mol. The summed E-state index contributed by atoms with van der Waals surface area (Å²) < 4.78 is 5.71.